The smallest absolute Gasteiger partial charge is 0.194 e. The largest absolute Gasteiger partial charge is 0.396 e. The van der Waals surface area contributed by atoms with Gasteiger partial charge in [0.2, 0.25) is 0 Å². The lowest BCUT2D eigenvalue weighted by Crippen LogP contribution is -1.92. The SMILES string of the molecule is OCCc1ccc(-c2ccc(-c3cc(F)c(F)c(F)c3)cc2)cc1. The Bertz CT molecular complexity index is 817. The summed E-state index contributed by atoms with van der Waals surface area (Å²) in [7, 11) is 0. The molecule has 0 heterocycles. The molecule has 24 heavy (non-hydrogen) atoms. The first-order chi connectivity index (χ1) is 11.6. The number of aliphatic hydroxyl groups is 1. The molecule has 0 saturated heterocycles. The fourth-order valence-corrected chi connectivity index (χ4v) is 2.57. The minimum Gasteiger partial charge on any atom is -0.396 e. The standard InChI is InChI=1S/C20H15F3O/c21-18-11-17(12-19(22)20(18)23)16-7-5-15(6-8-16)14-3-1-13(2-4-14)9-10-24/h1-8,11-12,24H,9-10H2. The van der Waals surface area contributed by atoms with Crippen molar-refractivity contribution in [1.82, 2.24) is 0 Å². The molecule has 0 spiro atoms. The predicted octanol–water partition coefficient (Wildman–Crippen LogP) is 4.97. The number of benzene rings is 3. The Labute approximate surface area is 138 Å². The van der Waals surface area contributed by atoms with E-state index in [1.54, 1.807) is 12.1 Å². The maximum Gasteiger partial charge on any atom is 0.194 e. The van der Waals surface area contributed by atoms with Crippen molar-refractivity contribution in [2.45, 2.75) is 6.42 Å². The molecule has 0 unspecified atom stereocenters. The Hall–Kier alpha value is -2.59. The molecule has 0 atom stereocenters. The van der Waals surface area contributed by atoms with Gasteiger partial charge in [-0.2, -0.15) is 0 Å². The molecule has 0 aliphatic carbocycles. The van der Waals surface area contributed by atoms with Crippen LogP contribution in [0.4, 0.5) is 13.2 Å². The van der Waals surface area contributed by atoms with E-state index in [1.165, 1.54) is 0 Å². The van der Waals surface area contributed by atoms with Crippen LogP contribution in [0.1, 0.15) is 5.56 Å². The number of hydrogen-bond donors (Lipinski definition) is 1. The van der Waals surface area contributed by atoms with Crippen LogP contribution >= 0.6 is 0 Å². The van der Waals surface area contributed by atoms with Crippen molar-refractivity contribution in [2.75, 3.05) is 6.61 Å². The molecule has 0 aliphatic rings. The van der Waals surface area contributed by atoms with Gasteiger partial charge in [0.05, 0.1) is 0 Å². The first kappa shape index (κ1) is 16.3. The van der Waals surface area contributed by atoms with Crippen LogP contribution in [0.15, 0.2) is 60.7 Å². The highest BCUT2D eigenvalue weighted by Crippen LogP contribution is 2.27. The van der Waals surface area contributed by atoms with Gasteiger partial charge in [-0.3, -0.25) is 0 Å². The molecule has 4 heteroatoms. The van der Waals surface area contributed by atoms with Crippen LogP contribution in [0.5, 0.6) is 0 Å². The molecule has 1 N–H and O–H groups in total. The predicted molar refractivity (Wildman–Crippen MR) is 88.0 cm³/mol. The Kier molecular flexibility index (Phi) is 4.67. The van der Waals surface area contributed by atoms with Crippen molar-refractivity contribution < 1.29 is 18.3 Å². The first-order valence-corrected chi connectivity index (χ1v) is 7.53. The highest BCUT2D eigenvalue weighted by Gasteiger charge is 2.11. The summed E-state index contributed by atoms with van der Waals surface area (Å²) in [6.07, 6.45) is 0.612. The molecular formula is C20H15F3O. The van der Waals surface area contributed by atoms with Gasteiger partial charge in [0.1, 0.15) is 0 Å². The minimum atomic E-state index is -1.46. The van der Waals surface area contributed by atoms with Gasteiger partial charge < -0.3 is 5.11 Å². The summed E-state index contributed by atoms with van der Waals surface area (Å²) in [4.78, 5) is 0. The van der Waals surface area contributed by atoms with E-state index in [0.29, 0.717) is 12.0 Å². The number of rotatable bonds is 4. The fourth-order valence-electron chi connectivity index (χ4n) is 2.57. The minimum absolute atomic E-state index is 0.110. The Morgan fingerprint density at radius 2 is 1.04 bits per heavy atom. The maximum absolute atomic E-state index is 13.3. The van der Waals surface area contributed by atoms with Crippen LogP contribution in [0.25, 0.3) is 22.3 Å². The third-order valence-electron chi connectivity index (χ3n) is 3.89. The number of hydrogen-bond acceptors (Lipinski definition) is 1. The first-order valence-electron chi connectivity index (χ1n) is 7.53. The lowest BCUT2D eigenvalue weighted by molar-refractivity contribution is 0.299. The molecule has 0 aliphatic heterocycles. The Balaban J connectivity index is 1.88. The van der Waals surface area contributed by atoms with E-state index < -0.39 is 17.5 Å². The summed E-state index contributed by atoms with van der Waals surface area (Å²) < 4.78 is 39.7. The van der Waals surface area contributed by atoms with Gasteiger partial charge in [-0.1, -0.05) is 48.5 Å². The molecule has 3 aromatic carbocycles. The molecule has 3 aromatic rings. The molecule has 1 nitrogen and oxygen atoms in total. The van der Waals surface area contributed by atoms with Gasteiger partial charge in [-0.25, -0.2) is 13.2 Å². The van der Waals surface area contributed by atoms with Crippen molar-refractivity contribution in [2.24, 2.45) is 0 Å². The lowest BCUT2D eigenvalue weighted by atomic mass is 9.99. The zero-order valence-corrected chi connectivity index (χ0v) is 12.8. The molecular weight excluding hydrogens is 313 g/mol. The summed E-state index contributed by atoms with van der Waals surface area (Å²) in [6, 6.07) is 16.9. The molecule has 0 radical (unpaired) electrons. The van der Waals surface area contributed by atoms with Gasteiger partial charge in [0.25, 0.3) is 0 Å². The van der Waals surface area contributed by atoms with E-state index in [0.717, 1.165) is 28.8 Å². The van der Waals surface area contributed by atoms with E-state index >= 15 is 0 Å². The van der Waals surface area contributed by atoms with E-state index in [9.17, 15) is 13.2 Å². The summed E-state index contributed by atoms with van der Waals surface area (Å²) in [5.41, 5.74) is 3.90. The normalized spacial score (nSPS) is 10.8. The molecule has 0 fully saturated rings. The van der Waals surface area contributed by atoms with Crippen LogP contribution in [-0.2, 0) is 6.42 Å². The Morgan fingerprint density at radius 3 is 1.50 bits per heavy atom. The van der Waals surface area contributed by atoms with Gasteiger partial charge in [-0.05, 0) is 46.4 Å². The van der Waals surface area contributed by atoms with Crippen LogP contribution < -0.4 is 0 Å². The van der Waals surface area contributed by atoms with E-state index in [2.05, 4.69) is 0 Å². The second-order valence-electron chi connectivity index (χ2n) is 5.50. The quantitative estimate of drug-likeness (QED) is 0.670. The third-order valence-corrected chi connectivity index (χ3v) is 3.89. The average molecular weight is 328 g/mol. The van der Waals surface area contributed by atoms with E-state index in [4.69, 9.17) is 5.11 Å². The Morgan fingerprint density at radius 1 is 0.625 bits per heavy atom. The van der Waals surface area contributed by atoms with E-state index in [1.807, 2.05) is 36.4 Å². The highest BCUT2D eigenvalue weighted by atomic mass is 19.2. The van der Waals surface area contributed by atoms with Gasteiger partial charge in [-0.15, -0.1) is 0 Å². The van der Waals surface area contributed by atoms with Gasteiger partial charge in [0, 0.05) is 6.61 Å². The van der Waals surface area contributed by atoms with Crippen molar-refractivity contribution in [3.05, 3.63) is 83.7 Å². The summed E-state index contributed by atoms with van der Waals surface area (Å²) in [5.74, 6) is -3.86. The van der Waals surface area contributed by atoms with Crippen LogP contribution in [0, 0.1) is 17.5 Å². The summed E-state index contributed by atoms with van der Waals surface area (Å²) in [5, 5.41) is 8.92. The molecule has 0 aromatic heterocycles. The topological polar surface area (TPSA) is 20.2 Å². The second-order valence-corrected chi connectivity index (χ2v) is 5.50. The van der Waals surface area contributed by atoms with Gasteiger partial charge >= 0.3 is 0 Å². The molecule has 0 bridgehead atoms. The second kappa shape index (κ2) is 6.89. The monoisotopic (exact) mass is 328 g/mol. The summed E-state index contributed by atoms with van der Waals surface area (Å²) in [6.45, 7) is 0.110. The number of halogens is 3. The van der Waals surface area contributed by atoms with Crippen molar-refractivity contribution in [3.8, 4) is 22.3 Å². The third kappa shape index (κ3) is 3.34. The van der Waals surface area contributed by atoms with Crippen molar-refractivity contribution in [3.63, 3.8) is 0 Å². The molecule has 3 rings (SSSR count). The average Bonchev–Trinajstić information content (AvgIpc) is 2.60. The summed E-state index contributed by atoms with van der Waals surface area (Å²) >= 11 is 0. The van der Waals surface area contributed by atoms with Crippen molar-refractivity contribution in [1.29, 1.82) is 0 Å². The molecule has 122 valence electrons. The lowest BCUT2D eigenvalue weighted by Gasteiger charge is -2.07. The fraction of sp³-hybridized carbons (Fsp3) is 0.100. The van der Waals surface area contributed by atoms with Crippen LogP contribution in [-0.4, -0.2) is 11.7 Å². The maximum atomic E-state index is 13.3. The van der Waals surface area contributed by atoms with E-state index in [-0.39, 0.29) is 12.2 Å². The van der Waals surface area contributed by atoms with Gasteiger partial charge in [0.15, 0.2) is 17.5 Å². The highest BCUT2D eigenvalue weighted by molar-refractivity contribution is 5.70. The zero-order chi connectivity index (χ0) is 17.1. The van der Waals surface area contributed by atoms with Crippen LogP contribution in [0.2, 0.25) is 0 Å². The zero-order valence-electron chi connectivity index (χ0n) is 12.8. The number of aliphatic hydroxyl groups excluding tert-OH is 1. The molecule has 0 amide bonds. The van der Waals surface area contributed by atoms with Crippen molar-refractivity contribution >= 4 is 0 Å². The molecule has 0 saturated carbocycles. The van der Waals surface area contributed by atoms with Crippen LogP contribution in [0.3, 0.4) is 0 Å².